The van der Waals surface area contributed by atoms with Gasteiger partial charge in [0.15, 0.2) is 23.7 Å². The van der Waals surface area contributed by atoms with Crippen LogP contribution in [0.3, 0.4) is 0 Å². The zero-order chi connectivity index (χ0) is 35.5. The molecule has 4 rings (SSSR count). The first-order chi connectivity index (χ1) is 22.5. The number of unbranched alkanes of at least 4 members (excludes halogenated alkanes) is 1. The molecule has 0 saturated heterocycles. The molecular weight excluding hydrogens is 643 g/mol. The van der Waals surface area contributed by atoms with Crippen molar-refractivity contribution in [2.75, 3.05) is 26.4 Å². The van der Waals surface area contributed by atoms with E-state index in [4.69, 9.17) is 35.0 Å². The van der Waals surface area contributed by atoms with Crippen molar-refractivity contribution in [2.24, 2.45) is 28.6 Å². The quantitative estimate of drug-likeness (QED) is 0.0947. The van der Waals surface area contributed by atoms with E-state index >= 15 is 4.39 Å². The van der Waals surface area contributed by atoms with Gasteiger partial charge in [-0.15, -0.1) is 0 Å². The lowest BCUT2D eigenvalue weighted by atomic mass is 9.44. The van der Waals surface area contributed by atoms with Crippen LogP contribution in [0.25, 0.3) is 0 Å². The number of Topliss-reactive ketones (excluding diaryl/α,β-unsaturated/α-hetero) is 1. The van der Waals surface area contributed by atoms with Crippen LogP contribution < -0.4 is 0 Å². The summed E-state index contributed by atoms with van der Waals surface area (Å²) in [6.45, 7) is 3.71. The number of ketones is 2. The van der Waals surface area contributed by atoms with Crippen LogP contribution in [0.2, 0.25) is 0 Å². The highest BCUT2D eigenvalue weighted by atomic mass is 19.1. The van der Waals surface area contributed by atoms with Crippen LogP contribution >= 0.6 is 0 Å². The number of esters is 1. The number of carbonyl (C=O) groups is 4. The van der Waals surface area contributed by atoms with Crippen LogP contribution in [0.1, 0.15) is 72.1 Å². The van der Waals surface area contributed by atoms with Gasteiger partial charge in [0.2, 0.25) is 5.78 Å². The molecule has 48 heavy (non-hydrogen) atoms. The highest BCUT2D eigenvalue weighted by Crippen LogP contribution is 2.71. The van der Waals surface area contributed by atoms with E-state index < -0.39 is 81.3 Å². The van der Waals surface area contributed by atoms with Crippen molar-refractivity contribution in [3.63, 3.8) is 0 Å². The number of carbonyl (C=O) groups excluding carboxylic acids is 4. The fourth-order valence-corrected chi connectivity index (χ4v) is 8.77. The Bertz CT molecular complexity index is 1290. The lowest BCUT2D eigenvalue weighted by Crippen LogP contribution is -2.70. The molecule has 0 radical (unpaired) electrons. The zero-order valence-corrected chi connectivity index (χ0v) is 27.2. The number of allylic oxidation sites excluding steroid dienone is 4. The van der Waals surface area contributed by atoms with Gasteiger partial charge in [0.05, 0.1) is 36.7 Å². The molecule has 16 nitrogen and oxygen atoms in total. The summed E-state index contributed by atoms with van der Waals surface area (Å²) in [7, 11) is 0. The van der Waals surface area contributed by atoms with E-state index in [2.05, 4.69) is 9.68 Å². The molecule has 3 fully saturated rings. The van der Waals surface area contributed by atoms with Gasteiger partial charge >= 0.3 is 12.1 Å². The Morgan fingerprint density at radius 2 is 1.62 bits per heavy atom. The molecule has 5 N–H and O–H groups in total. The number of alkyl halides is 1. The SMILES string of the molecule is CC1CC2C3CCC4=CC(=O)C=C[C@]4(C)[C@@]3(F)[C@@H](O)C[C@]2(C)[C@@]1(OC(=O)CCCON(O)O)C(=O)COC(=O)OCCCCON(O)O. The minimum atomic E-state index is -2.20. The van der Waals surface area contributed by atoms with Crippen molar-refractivity contribution in [3.05, 3.63) is 23.8 Å². The minimum absolute atomic E-state index is 0.0187. The van der Waals surface area contributed by atoms with Gasteiger partial charge in [0.25, 0.3) is 0 Å². The van der Waals surface area contributed by atoms with E-state index in [1.807, 2.05) is 0 Å². The highest BCUT2D eigenvalue weighted by molar-refractivity contribution is 6.01. The monoisotopic (exact) mass is 688 g/mol. The molecule has 0 heterocycles. The van der Waals surface area contributed by atoms with Crippen LogP contribution in [0.15, 0.2) is 23.8 Å². The van der Waals surface area contributed by atoms with Crippen LogP contribution in [0.5, 0.6) is 0 Å². The lowest BCUT2D eigenvalue weighted by Gasteiger charge is -2.62. The summed E-state index contributed by atoms with van der Waals surface area (Å²) in [4.78, 5) is 61.0. The van der Waals surface area contributed by atoms with Crippen LogP contribution in [-0.4, -0.2) is 104 Å². The first-order valence-corrected chi connectivity index (χ1v) is 16.0. The summed E-state index contributed by atoms with van der Waals surface area (Å²) in [5.74, 6) is -3.92. The third-order valence-electron chi connectivity index (χ3n) is 10.9. The molecule has 4 aliphatic carbocycles. The molecule has 3 saturated carbocycles. The van der Waals surface area contributed by atoms with E-state index in [1.165, 1.54) is 18.2 Å². The Kier molecular flexibility index (Phi) is 11.8. The second-order valence-electron chi connectivity index (χ2n) is 13.4. The van der Waals surface area contributed by atoms with E-state index in [1.54, 1.807) is 20.8 Å². The normalized spacial score (nSPS) is 35.5. The third-order valence-corrected chi connectivity index (χ3v) is 10.9. The molecule has 0 aromatic carbocycles. The van der Waals surface area contributed by atoms with Crippen molar-refractivity contribution < 1.29 is 73.4 Å². The predicted molar refractivity (Wildman–Crippen MR) is 155 cm³/mol. The largest absolute Gasteiger partial charge is 0.508 e. The second-order valence-corrected chi connectivity index (χ2v) is 13.4. The lowest BCUT2D eigenvalue weighted by molar-refractivity contribution is -0.492. The van der Waals surface area contributed by atoms with Crippen molar-refractivity contribution in [1.82, 2.24) is 10.8 Å². The molecule has 8 atom stereocenters. The van der Waals surface area contributed by atoms with E-state index in [0.29, 0.717) is 18.4 Å². The highest BCUT2D eigenvalue weighted by Gasteiger charge is 2.77. The van der Waals surface area contributed by atoms with Gasteiger partial charge in [0.1, 0.15) is 0 Å². The molecule has 0 spiro atoms. The number of hydrogen-bond donors (Lipinski definition) is 5. The molecule has 0 amide bonds. The van der Waals surface area contributed by atoms with Gasteiger partial charge in [-0.1, -0.05) is 25.5 Å². The first kappa shape index (κ1) is 37.9. The maximum absolute atomic E-state index is 17.6. The Hall–Kier alpha value is -2.87. The summed E-state index contributed by atoms with van der Waals surface area (Å²) < 4.78 is 33.8. The Morgan fingerprint density at radius 1 is 0.979 bits per heavy atom. The number of hydrogen-bond acceptors (Lipinski definition) is 16. The standard InChI is InChI=1S/C31H45FN2O14/c1-19-15-23-22-9-8-20-16-21(35)10-11-28(20,2)30(22,32)24(36)17-29(23,3)31(19,48-26(38)7-6-14-47-34(42)43)25(37)18-45-27(39)44-12-4-5-13-46-33(40)41/h10-11,16,19,22-24,36,40-43H,4-9,12-15,17-18H2,1-3H3/t19?,22?,23?,24-,28-,29-,30-,31-/m0/s1. The van der Waals surface area contributed by atoms with Crippen LogP contribution in [0.4, 0.5) is 9.18 Å². The van der Waals surface area contributed by atoms with Crippen LogP contribution in [-0.2, 0) is 38.3 Å². The minimum Gasteiger partial charge on any atom is -0.450 e. The maximum atomic E-state index is 17.6. The summed E-state index contributed by atoms with van der Waals surface area (Å²) in [5.41, 5.74) is -6.15. The van der Waals surface area contributed by atoms with Crippen molar-refractivity contribution in [1.29, 1.82) is 0 Å². The number of aliphatic hydroxyl groups excluding tert-OH is 1. The Morgan fingerprint density at radius 3 is 2.29 bits per heavy atom. The summed E-state index contributed by atoms with van der Waals surface area (Å²) in [6, 6.07) is 0. The predicted octanol–water partition coefficient (Wildman–Crippen LogP) is 3.19. The molecule has 0 aromatic rings. The molecular formula is C31H45FN2O14. The number of ether oxygens (including phenoxy) is 3. The van der Waals surface area contributed by atoms with Crippen molar-refractivity contribution in [2.45, 2.75) is 89.5 Å². The number of rotatable bonds is 15. The first-order valence-electron chi connectivity index (χ1n) is 16.0. The zero-order valence-electron chi connectivity index (χ0n) is 27.2. The van der Waals surface area contributed by atoms with Gasteiger partial charge in [-0.05, 0) is 69.9 Å². The maximum Gasteiger partial charge on any atom is 0.508 e. The number of halogens is 1. The topological polar surface area (TPSA) is 222 Å². The molecule has 0 aromatic heterocycles. The molecule has 0 bridgehead atoms. The summed E-state index contributed by atoms with van der Waals surface area (Å²) >= 11 is 0. The summed E-state index contributed by atoms with van der Waals surface area (Å²) in [6.07, 6.45) is 2.32. The van der Waals surface area contributed by atoms with E-state index in [0.717, 1.165) is 0 Å². The molecule has 17 heteroatoms. The fourth-order valence-electron chi connectivity index (χ4n) is 8.77. The van der Waals surface area contributed by atoms with Gasteiger partial charge in [0, 0.05) is 29.1 Å². The van der Waals surface area contributed by atoms with Gasteiger partial charge in [-0.3, -0.25) is 44.9 Å². The fraction of sp³-hybridized carbons (Fsp3) is 0.742. The smallest absolute Gasteiger partial charge is 0.450 e. The van der Waals surface area contributed by atoms with E-state index in [9.17, 15) is 24.3 Å². The molecule has 3 unspecified atom stereocenters. The Labute approximate surface area is 276 Å². The van der Waals surface area contributed by atoms with Crippen molar-refractivity contribution >= 4 is 23.7 Å². The molecule has 270 valence electrons. The van der Waals surface area contributed by atoms with Crippen LogP contribution in [0, 0.1) is 28.6 Å². The van der Waals surface area contributed by atoms with Gasteiger partial charge in [-0.2, -0.15) is 0 Å². The summed E-state index contributed by atoms with van der Waals surface area (Å²) in [5, 5.41) is 45.4. The Balaban J connectivity index is 1.58. The second kappa shape index (κ2) is 14.9. The number of nitrogens with zero attached hydrogens (tertiary/aromatic N) is 2. The third kappa shape index (κ3) is 6.93. The van der Waals surface area contributed by atoms with E-state index in [-0.39, 0.29) is 64.1 Å². The van der Waals surface area contributed by atoms with Gasteiger partial charge < -0.3 is 19.3 Å². The average molecular weight is 689 g/mol. The molecule has 0 aliphatic heterocycles. The number of aliphatic hydroxyl groups is 1. The average Bonchev–Trinajstić information content (AvgIpc) is 3.22. The molecule has 4 aliphatic rings. The van der Waals surface area contributed by atoms with Gasteiger partial charge in [-0.25, -0.2) is 9.18 Å². The van der Waals surface area contributed by atoms with Crippen molar-refractivity contribution in [3.8, 4) is 0 Å². The number of fused-ring (bicyclic) bond motifs is 5.